The molecule has 7 nitrogen and oxygen atoms in total. The van der Waals surface area contributed by atoms with Gasteiger partial charge in [0.25, 0.3) is 11.9 Å². The molecule has 0 aliphatic carbocycles. The van der Waals surface area contributed by atoms with Crippen LogP contribution >= 0.6 is 0 Å². The highest BCUT2D eigenvalue weighted by molar-refractivity contribution is 5.91. The predicted octanol–water partition coefficient (Wildman–Crippen LogP) is 2.61. The molecule has 128 valence electrons. The molecule has 2 aromatic heterocycles. The fourth-order valence-corrected chi connectivity index (χ4v) is 2.39. The van der Waals surface area contributed by atoms with Gasteiger partial charge in [-0.25, -0.2) is 9.97 Å². The summed E-state index contributed by atoms with van der Waals surface area (Å²) in [7, 11) is 0. The Balaban J connectivity index is 1.75. The maximum atomic E-state index is 12.2. The Morgan fingerprint density at radius 3 is 2.40 bits per heavy atom. The van der Waals surface area contributed by atoms with Gasteiger partial charge in [0.15, 0.2) is 6.61 Å². The molecule has 0 radical (unpaired) electrons. The van der Waals surface area contributed by atoms with Crippen LogP contribution in [0, 0.1) is 20.8 Å². The number of carbonyl (C=O) groups excluding carboxylic acids is 1. The first-order chi connectivity index (χ1) is 12.0. The van der Waals surface area contributed by atoms with E-state index < -0.39 is 0 Å². The van der Waals surface area contributed by atoms with Crippen LogP contribution in [0.4, 0.5) is 5.82 Å². The van der Waals surface area contributed by atoms with Gasteiger partial charge in [-0.05, 0) is 39.0 Å². The van der Waals surface area contributed by atoms with Crippen LogP contribution in [0.25, 0.3) is 5.95 Å². The van der Waals surface area contributed by atoms with E-state index in [2.05, 4.69) is 20.4 Å². The lowest BCUT2D eigenvalue weighted by atomic mass is 10.3. The highest BCUT2D eigenvalue weighted by Crippen LogP contribution is 2.15. The summed E-state index contributed by atoms with van der Waals surface area (Å²) in [6.07, 6.45) is 0. The molecule has 0 atom stereocenters. The first kappa shape index (κ1) is 16.6. The average molecular weight is 337 g/mol. The number of nitrogens with zero attached hydrogens (tertiary/aromatic N) is 4. The summed E-state index contributed by atoms with van der Waals surface area (Å²) < 4.78 is 6.98. The average Bonchev–Trinajstić information content (AvgIpc) is 2.93. The number of ether oxygens (including phenoxy) is 1. The summed E-state index contributed by atoms with van der Waals surface area (Å²) >= 11 is 0. The molecule has 1 amide bonds. The number of anilines is 1. The standard InChI is InChI=1S/C18H19N5O2/c1-12-9-13(2)20-18(19-12)23-16(10-14(3)22-23)21-17(24)11-25-15-7-5-4-6-8-15/h4-10H,11H2,1-3H3,(H,21,24). The van der Waals surface area contributed by atoms with Crippen molar-refractivity contribution < 1.29 is 9.53 Å². The first-order valence-corrected chi connectivity index (χ1v) is 7.88. The lowest BCUT2D eigenvalue weighted by Gasteiger charge is -2.09. The number of nitrogens with one attached hydrogen (secondary N) is 1. The van der Waals surface area contributed by atoms with Crippen LogP contribution in [0.15, 0.2) is 42.5 Å². The van der Waals surface area contributed by atoms with Gasteiger partial charge in [0, 0.05) is 17.5 Å². The monoisotopic (exact) mass is 337 g/mol. The van der Waals surface area contributed by atoms with Gasteiger partial charge in [-0.1, -0.05) is 18.2 Å². The van der Waals surface area contributed by atoms with E-state index in [-0.39, 0.29) is 12.5 Å². The Morgan fingerprint density at radius 1 is 1.04 bits per heavy atom. The molecule has 25 heavy (non-hydrogen) atoms. The van der Waals surface area contributed by atoms with Crippen molar-refractivity contribution in [3.8, 4) is 11.7 Å². The molecule has 0 aliphatic rings. The van der Waals surface area contributed by atoms with Gasteiger partial charge in [-0.2, -0.15) is 9.78 Å². The second kappa shape index (κ2) is 7.12. The number of para-hydroxylation sites is 1. The van der Waals surface area contributed by atoms with Gasteiger partial charge in [0.2, 0.25) is 0 Å². The van der Waals surface area contributed by atoms with E-state index in [1.54, 1.807) is 18.2 Å². The van der Waals surface area contributed by atoms with Crippen LogP contribution in [-0.2, 0) is 4.79 Å². The zero-order chi connectivity index (χ0) is 17.8. The van der Waals surface area contributed by atoms with Crippen LogP contribution in [0.1, 0.15) is 17.1 Å². The molecule has 0 unspecified atom stereocenters. The lowest BCUT2D eigenvalue weighted by Crippen LogP contribution is -2.22. The maximum Gasteiger partial charge on any atom is 0.263 e. The quantitative estimate of drug-likeness (QED) is 0.774. The number of carbonyl (C=O) groups is 1. The van der Waals surface area contributed by atoms with Crippen LogP contribution in [0.5, 0.6) is 5.75 Å². The molecule has 0 saturated carbocycles. The van der Waals surface area contributed by atoms with Crippen molar-refractivity contribution in [2.75, 3.05) is 11.9 Å². The lowest BCUT2D eigenvalue weighted by molar-refractivity contribution is -0.118. The van der Waals surface area contributed by atoms with E-state index in [1.807, 2.05) is 45.0 Å². The number of rotatable bonds is 5. The molecule has 7 heteroatoms. The van der Waals surface area contributed by atoms with Crippen molar-refractivity contribution in [3.63, 3.8) is 0 Å². The molecule has 1 aromatic carbocycles. The Hall–Kier alpha value is -3.22. The van der Waals surface area contributed by atoms with Gasteiger partial charge in [-0.15, -0.1) is 0 Å². The Bertz CT molecular complexity index is 869. The van der Waals surface area contributed by atoms with Crippen molar-refractivity contribution in [2.24, 2.45) is 0 Å². The van der Waals surface area contributed by atoms with Crippen molar-refractivity contribution >= 4 is 11.7 Å². The van der Waals surface area contributed by atoms with Crippen LogP contribution in [0.3, 0.4) is 0 Å². The van der Waals surface area contributed by atoms with Gasteiger partial charge < -0.3 is 10.1 Å². The van der Waals surface area contributed by atoms with E-state index in [9.17, 15) is 4.79 Å². The number of hydrogen-bond donors (Lipinski definition) is 1. The normalized spacial score (nSPS) is 10.5. The molecule has 0 bridgehead atoms. The van der Waals surface area contributed by atoms with Gasteiger partial charge in [0.1, 0.15) is 11.6 Å². The zero-order valence-electron chi connectivity index (χ0n) is 14.4. The second-order valence-corrected chi connectivity index (χ2v) is 5.68. The number of aromatic nitrogens is 4. The van der Waals surface area contributed by atoms with Crippen LogP contribution in [-0.4, -0.2) is 32.3 Å². The number of hydrogen-bond acceptors (Lipinski definition) is 5. The van der Waals surface area contributed by atoms with Crippen molar-refractivity contribution in [1.82, 2.24) is 19.7 Å². The summed E-state index contributed by atoms with van der Waals surface area (Å²) in [6, 6.07) is 12.8. The third kappa shape index (κ3) is 4.20. The van der Waals surface area contributed by atoms with Crippen molar-refractivity contribution in [1.29, 1.82) is 0 Å². The Kier molecular flexibility index (Phi) is 4.74. The highest BCUT2D eigenvalue weighted by atomic mass is 16.5. The Morgan fingerprint density at radius 2 is 1.72 bits per heavy atom. The largest absolute Gasteiger partial charge is 0.484 e. The van der Waals surface area contributed by atoms with Crippen LogP contribution < -0.4 is 10.1 Å². The highest BCUT2D eigenvalue weighted by Gasteiger charge is 2.14. The first-order valence-electron chi connectivity index (χ1n) is 7.88. The minimum Gasteiger partial charge on any atom is -0.484 e. The van der Waals surface area contributed by atoms with E-state index in [4.69, 9.17) is 4.74 Å². The molecule has 3 rings (SSSR count). The second-order valence-electron chi connectivity index (χ2n) is 5.68. The summed E-state index contributed by atoms with van der Waals surface area (Å²) in [5, 5.41) is 7.17. The van der Waals surface area contributed by atoms with E-state index in [1.165, 1.54) is 4.68 Å². The zero-order valence-corrected chi connectivity index (χ0v) is 14.4. The molecule has 2 heterocycles. The summed E-state index contributed by atoms with van der Waals surface area (Å²) in [5.41, 5.74) is 2.42. The predicted molar refractivity (Wildman–Crippen MR) is 93.9 cm³/mol. The number of amides is 1. The number of benzene rings is 1. The SMILES string of the molecule is Cc1cc(C)nc(-n2nc(C)cc2NC(=O)COc2ccccc2)n1. The smallest absolute Gasteiger partial charge is 0.263 e. The number of aryl methyl sites for hydroxylation is 3. The molecule has 3 aromatic rings. The third-order valence-electron chi connectivity index (χ3n) is 3.37. The molecule has 0 saturated heterocycles. The minimum atomic E-state index is -0.283. The van der Waals surface area contributed by atoms with Crippen molar-refractivity contribution in [3.05, 3.63) is 59.5 Å². The minimum absolute atomic E-state index is 0.0953. The topological polar surface area (TPSA) is 81.9 Å². The van der Waals surface area contributed by atoms with E-state index in [0.29, 0.717) is 17.5 Å². The fourth-order valence-electron chi connectivity index (χ4n) is 2.39. The molecular weight excluding hydrogens is 318 g/mol. The van der Waals surface area contributed by atoms with Crippen molar-refractivity contribution in [2.45, 2.75) is 20.8 Å². The van der Waals surface area contributed by atoms with Gasteiger partial charge in [-0.3, -0.25) is 4.79 Å². The molecule has 1 N–H and O–H groups in total. The van der Waals surface area contributed by atoms with E-state index in [0.717, 1.165) is 17.1 Å². The molecule has 0 spiro atoms. The van der Waals surface area contributed by atoms with Crippen LogP contribution in [0.2, 0.25) is 0 Å². The third-order valence-corrected chi connectivity index (χ3v) is 3.37. The molecular formula is C18H19N5O2. The summed E-state index contributed by atoms with van der Waals surface area (Å²) in [5.74, 6) is 1.28. The Labute approximate surface area is 145 Å². The van der Waals surface area contributed by atoms with E-state index >= 15 is 0 Å². The summed E-state index contributed by atoms with van der Waals surface area (Å²) in [4.78, 5) is 21.0. The van der Waals surface area contributed by atoms with Gasteiger partial charge >= 0.3 is 0 Å². The molecule has 0 fully saturated rings. The fraction of sp³-hybridized carbons (Fsp3) is 0.222. The maximum absolute atomic E-state index is 12.2. The molecule has 0 aliphatic heterocycles. The van der Waals surface area contributed by atoms with Gasteiger partial charge in [0.05, 0.1) is 5.69 Å². The summed E-state index contributed by atoms with van der Waals surface area (Å²) in [6.45, 7) is 5.53.